The molecule has 2 N–H and O–H groups in total. The summed E-state index contributed by atoms with van der Waals surface area (Å²) in [6.07, 6.45) is 4.43. The molecule has 0 saturated carbocycles. The van der Waals surface area contributed by atoms with E-state index in [-0.39, 0.29) is 17.7 Å². The first kappa shape index (κ1) is 16.4. The van der Waals surface area contributed by atoms with E-state index in [1.165, 1.54) is 6.08 Å². The zero-order valence-electron chi connectivity index (χ0n) is 12.4. The Labute approximate surface area is 134 Å². The molecule has 1 aromatic rings. The van der Waals surface area contributed by atoms with Crippen LogP contribution in [0.3, 0.4) is 0 Å². The first-order chi connectivity index (χ1) is 10.5. The number of halogens is 1. The third-order valence-corrected chi connectivity index (χ3v) is 4.04. The molecular weight excluding hydrogens is 304 g/mol. The van der Waals surface area contributed by atoms with Gasteiger partial charge in [-0.3, -0.25) is 9.59 Å². The number of carbonyl (C=O) groups excluding carboxylic acids is 2. The minimum atomic E-state index is -0.286. The van der Waals surface area contributed by atoms with Gasteiger partial charge < -0.3 is 15.4 Å². The molecule has 6 heteroatoms. The van der Waals surface area contributed by atoms with E-state index in [1.807, 2.05) is 0 Å². The summed E-state index contributed by atoms with van der Waals surface area (Å²) in [6.45, 7) is 1.09. The highest BCUT2D eigenvalue weighted by molar-refractivity contribution is 6.30. The minimum absolute atomic E-state index is 0.0926. The van der Waals surface area contributed by atoms with Crippen LogP contribution >= 0.6 is 11.6 Å². The molecule has 1 fully saturated rings. The Balaban J connectivity index is 2.00. The van der Waals surface area contributed by atoms with Crippen molar-refractivity contribution < 1.29 is 14.3 Å². The van der Waals surface area contributed by atoms with Crippen molar-refractivity contribution in [2.24, 2.45) is 11.7 Å². The van der Waals surface area contributed by atoms with Gasteiger partial charge in [-0.25, -0.2) is 0 Å². The number of piperidine rings is 1. The van der Waals surface area contributed by atoms with Crippen molar-refractivity contribution in [2.75, 3.05) is 20.2 Å². The fourth-order valence-corrected chi connectivity index (χ4v) is 2.67. The van der Waals surface area contributed by atoms with E-state index in [1.54, 1.807) is 36.3 Å². The van der Waals surface area contributed by atoms with Gasteiger partial charge in [0.2, 0.25) is 11.8 Å². The molecule has 0 atom stereocenters. The van der Waals surface area contributed by atoms with Crippen molar-refractivity contribution >= 4 is 29.5 Å². The number of ether oxygens (including phenoxy) is 1. The largest absolute Gasteiger partial charge is 0.496 e. The van der Waals surface area contributed by atoms with Gasteiger partial charge in [0.05, 0.1) is 7.11 Å². The maximum Gasteiger partial charge on any atom is 0.246 e. The Morgan fingerprint density at radius 2 is 2.05 bits per heavy atom. The molecule has 0 aromatic heterocycles. The number of methoxy groups -OCH3 is 1. The van der Waals surface area contributed by atoms with Gasteiger partial charge in [0, 0.05) is 35.7 Å². The van der Waals surface area contributed by atoms with E-state index < -0.39 is 0 Å². The molecule has 0 unspecified atom stereocenters. The number of hydrogen-bond acceptors (Lipinski definition) is 3. The van der Waals surface area contributed by atoms with E-state index in [4.69, 9.17) is 22.1 Å². The minimum Gasteiger partial charge on any atom is -0.496 e. The maximum absolute atomic E-state index is 12.2. The first-order valence-corrected chi connectivity index (χ1v) is 7.49. The Bertz CT molecular complexity index is 593. The van der Waals surface area contributed by atoms with Crippen LogP contribution in [-0.4, -0.2) is 36.9 Å². The maximum atomic E-state index is 12.2. The third kappa shape index (κ3) is 4.01. The topological polar surface area (TPSA) is 72.6 Å². The van der Waals surface area contributed by atoms with Crippen molar-refractivity contribution in [3.8, 4) is 5.75 Å². The summed E-state index contributed by atoms with van der Waals surface area (Å²) < 4.78 is 5.23. The molecule has 1 heterocycles. The third-order valence-electron chi connectivity index (χ3n) is 3.81. The molecular formula is C16H19ClN2O3. The molecule has 118 valence electrons. The molecule has 2 rings (SSSR count). The normalized spacial score (nSPS) is 16.0. The number of nitrogens with zero attached hydrogens (tertiary/aromatic N) is 1. The summed E-state index contributed by atoms with van der Waals surface area (Å²) in [6, 6.07) is 5.22. The monoisotopic (exact) mass is 322 g/mol. The Hall–Kier alpha value is -2.01. The molecule has 1 aromatic carbocycles. The zero-order chi connectivity index (χ0) is 16.1. The van der Waals surface area contributed by atoms with E-state index in [0.717, 1.165) is 5.56 Å². The Morgan fingerprint density at radius 1 is 1.36 bits per heavy atom. The van der Waals surface area contributed by atoms with E-state index in [9.17, 15) is 9.59 Å². The summed E-state index contributed by atoms with van der Waals surface area (Å²) >= 11 is 5.95. The number of primary amides is 1. The van der Waals surface area contributed by atoms with Gasteiger partial charge in [-0.1, -0.05) is 11.6 Å². The highest BCUT2D eigenvalue weighted by Gasteiger charge is 2.24. The SMILES string of the molecule is COc1ccc(Cl)cc1/C=C/C(=O)N1CCC(C(N)=O)CC1. The first-order valence-electron chi connectivity index (χ1n) is 7.11. The van der Waals surface area contributed by atoms with Crippen molar-refractivity contribution in [3.05, 3.63) is 34.9 Å². The average Bonchev–Trinajstić information content (AvgIpc) is 2.52. The van der Waals surface area contributed by atoms with Crippen LogP contribution in [0, 0.1) is 5.92 Å². The fourth-order valence-electron chi connectivity index (χ4n) is 2.49. The van der Waals surface area contributed by atoms with Crippen molar-refractivity contribution in [2.45, 2.75) is 12.8 Å². The summed E-state index contributed by atoms with van der Waals surface area (Å²) in [5, 5.41) is 0.579. The number of hydrogen-bond donors (Lipinski definition) is 1. The number of carbonyl (C=O) groups is 2. The van der Waals surface area contributed by atoms with Gasteiger partial charge in [-0.05, 0) is 37.1 Å². The lowest BCUT2D eigenvalue weighted by Gasteiger charge is -2.29. The van der Waals surface area contributed by atoms with Crippen LogP contribution in [0.1, 0.15) is 18.4 Å². The molecule has 2 amide bonds. The predicted octanol–water partition coefficient (Wildman–Crippen LogP) is 2.09. The highest BCUT2D eigenvalue weighted by Crippen LogP contribution is 2.24. The second kappa shape index (κ2) is 7.31. The lowest BCUT2D eigenvalue weighted by atomic mass is 9.96. The van der Waals surface area contributed by atoms with Gasteiger partial charge >= 0.3 is 0 Å². The van der Waals surface area contributed by atoms with Crippen LogP contribution in [0.4, 0.5) is 0 Å². The molecule has 1 aliphatic rings. The van der Waals surface area contributed by atoms with E-state index in [0.29, 0.717) is 36.7 Å². The van der Waals surface area contributed by atoms with Crippen molar-refractivity contribution in [1.82, 2.24) is 4.90 Å². The highest BCUT2D eigenvalue weighted by atomic mass is 35.5. The standard InChI is InChI=1S/C16H19ClN2O3/c1-22-14-4-3-13(17)10-12(14)2-5-15(20)19-8-6-11(7-9-19)16(18)21/h2-5,10-11H,6-9H2,1H3,(H2,18,21)/b5-2+. The lowest BCUT2D eigenvalue weighted by molar-refractivity contribution is -0.130. The average molecular weight is 323 g/mol. The van der Waals surface area contributed by atoms with Crippen LogP contribution in [0.25, 0.3) is 6.08 Å². The van der Waals surface area contributed by atoms with Crippen LogP contribution < -0.4 is 10.5 Å². The summed E-state index contributed by atoms with van der Waals surface area (Å²) in [4.78, 5) is 25.0. The van der Waals surface area contributed by atoms with Gasteiger partial charge in [0.25, 0.3) is 0 Å². The zero-order valence-corrected chi connectivity index (χ0v) is 13.2. The smallest absolute Gasteiger partial charge is 0.246 e. The van der Waals surface area contributed by atoms with Crippen LogP contribution in [0.15, 0.2) is 24.3 Å². The molecule has 5 nitrogen and oxygen atoms in total. The number of amides is 2. The molecule has 1 aliphatic heterocycles. The Morgan fingerprint density at radius 3 is 2.64 bits per heavy atom. The number of likely N-dealkylation sites (tertiary alicyclic amines) is 1. The quantitative estimate of drug-likeness (QED) is 0.863. The summed E-state index contributed by atoms with van der Waals surface area (Å²) in [7, 11) is 1.57. The molecule has 0 aliphatic carbocycles. The van der Waals surface area contributed by atoms with E-state index in [2.05, 4.69) is 0 Å². The number of benzene rings is 1. The van der Waals surface area contributed by atoms with E-state index >= 15 is 0 Å². The van der Waals surface area contributed by atoms with Crippen LogP contribution in [0.5, 0.6) is 5.75 Å². The number of rotatable bonds is 4. The van der Waals surface area contributed by atoms with Crippen LogP contribution in [0.2, 0.25) is 5.02 Å². The molecule has 22 heavy (non-hydrogen) atoms. The summed E-state index contributed by atoms with van der Waals surface area (Å²) in [5.74, 6) is 0.151. The van der Waals surface area contributed by atoms with Crippen LogP contribution in [-0.2, 0) is 9.59 Å². The molecule has 0 spiro atoms. The van der Waals surface area contributed by atoms with Crippen molar-refractivity contribution in [3.63, 3.8) is 0 Å². The predicted molar refractivity (Wildman–Crippen MR) is 85.5 cm³/mol. The van der Waals surface area contributed by atoms with Gasteiger partial charge in [0.1, 0.15) is 5.75 Å². The fraction of sp³-hybridized carbons (Fsp3) is 0.375. The second-order valence-corrected chi connectivity index (χ2v) is 5.66. The molecule has 1 saturated heterocycles. The van der Waals surface area contributed by atoms with Gasteiger partial charge in [-0.2, -0.15) is 0 Å². The summed E-state index contributed by atoms with van der Waals surface area (Å²) in [5.41, 5.74) is 6.03. The molecule has 0 bridgehead atoms. The Kier molecular flexibility index (Phi) is 5.44. The molecule has 0 radical (unpaired) electrons. The lowest BCUT2D eigenvalue weighted by Crippen LogP contribution is -2.41. The van der Waals surface area contributed by atoms with Crippen molar-refractivity contribution in [1.29, 1.82) is 0 Å². The number of nitrogens with two attached hydrogens (primary N) is 1. The van der Waals surface area contributed by atoms with Gasteiger partial charge in [-0.15, -0.1) is 0 Å². The second-order valence-electron chi connectivity index (χ2n) is 5.22. The van der Waals surface area contributed by atoms with Gasteiger partial charge in [0.15, 0.2) is 0 Å².